The molecule has 0 unspecified atom stereocenters. The molecule has 5 nitrogen and oxygen atoms in total. The lowest BCUT2D eigenvalue weighted by molar-refractivity contribution is -0.929. The van der Waals surface area contributed by atoms with Gasteiger partial charge in [-0.15, -0.1) is 0 Å². The molecule has 3 rings (SSSR count). The summed E-state index contributed by atoms with van der Waals surface area (Å²) in [7, 11) is 1.63. The van der Waals surface area contributed by atoms with Gasteiger partial charge in [0.15, 0.2) is 6.04 Å². The van der Waals surface area contributed by atoms with Gasteiger partial charge < -0.3 is 19.7 Å². The van der Waals surface area contributed by atoms with Crippen molar-refractivity contribution in [1.29, 1.82) is 0 Å². The highest BCUT2D eigenvalue weighted by atomic mass is 16.5. The van der Waals surface area contributed by atoms with E-state index in [0.29, 0.717) is 13.2 Å². The fourth-order valence-electron chi connectivity index (χ4n) is 3.03. The third-order valence-electron chi connectivity index (χ3n) is 4.30. The van der Waals surface area contributed by atoms with Crippen LogP contribution in [-0.2, 0) is 9.53 Å². The van der Waals surface area contributed by atoms with Crippen LogP contribution in [-0.4, -0.2) is 39.3 Å². The number of amides is 1. The topological polar surface area (TPSA) is 52.0 Å². The molecule has 1 atom stereocenters. The zero-order valence-electron chi connectivity index (χ0n) is 13.8. The Labute approximate surface area is 142 Å². The Hall–Kier alpha value is -2.37. The Bertz CT molecular complexity index is 652. The molecule has 2 N–H and O–H groups in total. The Kier molecular flexibility index (Phi) is 5.46. The molecule has 1 fully saturated rings. The van der Waals surface area contributed by atoms with Crippen LogP contribution in [0.15, 0.2) is 54.6 Å². The third kappa shape index (κ3) is 3.93. The second-order valence-electron chi connectivity index (χ2n) is 5.83. The number of morpholine rings is 1. The molecular formula is C19H23N2O3+. The molecule has 2 aromatic rings. The lowest BCUT2D eigenvalue weighted by Crippen LogP contribution is -3.15. The molecule has 1 aliphatic rings. The molecule has 0 radical (unpaired) electrons. The van der Waals surface area contributed by atoms with Crippen LogP contribution in [0.1, 0.15) is 11.6 Å². The predicted octanol–water partition coefficient (Wildman–Crippen LogP) is 1.29. The van der Waals surface area contributed by atoms with E-state index in [-0.39, 0.29) is 11.9 Å². The van der Waals surface area contributed by atoms with Gasteiger partial charge in [0, 0.05) is 11.3 Å². The van der Waals surface area contributed by atoms with Gasteiger partial charge in [-0.25, -0.2) is 0 Å². The summed E-state index contributed by atoms with van der Waals surface area (Å²) >= 11 is 0. The van der Waals surface area contributed by atoms with Crippen molar-refractivity contribution in [3.8, 4) is 5.75 Å². The summed E-state index contributed by atoms with van der Waals surface area (Å²) < 4.78 is 10.6. The molecule has 1 saturated heterocycles. The normalized spacial score (nSPS) is 16.4. The minimum absolute atomic E-state index is 0.00302. The first-order chi connectivity index (χ1) is 11.8. The second-order valence-corrected chi connectivity index (χ2v) is 5.83. The number of hydrogen-bond donors (Lipinski definition) is 2. The number of benzene rings is 2. The van der Waals surface area contributed by atoms with Gasteiger partial charge >= 0.3 is 0 Å². The van der Waals surface area contributed by atoms with Crippen molar-refractivity contribution in [2.45, 2.75) is 6.04 Å². The zero-order valence-corrected chi connectivity index (χ0v) is 13.8. The Morgan fingerprint density at radius 3 is 2.38 bits per heavy atom. The van der Waals surface area contributed by atoms with E-state index in [2.05, 4.69) is 5.32 Å². The number of nitrogens with one attached hydrogen (secondary N) is 2. The largest absolute Gasteiger partial charge is 0.497 e. The van der Waals surface area contributed by atoms with E-state index in [0.717, 1.165) is 30.1 Å². The molecule has 0 aliphatic carbocycles. The first-order valence-corrected chi connectivity index (χ1v) is 8.20. The van der Waals surface area contributed by atoms with Crippen LogP contribution in [0.2, 0.25) is 0 Å². The van der Waals surface area contributed by atoms with E-state index >= 15 is 0 Å². The van der Waals surface area contributed by atoms with Gasteiger partial charge in [-0.05, 0) is 24.3 Å². The summed E-state index contributed by atoms with van der Waals surface area (Å²) in [5.41, 5.74) is 1.80. The summed E-state index contributed by atoms with van der Waals surface area (Å²) in [6, 6.07) is 17.1. The van der Waals surface area contributed by atoms with Crippen LogP contribution in [0.4, 0.5) is 5.69 Å². The van der Waals surface area contributed by atoms with E-state index in [1.807, 2.05) is 54.6 Å². The van der Waals surface area contributed by atoms with Crippen molar-refractivity contribution in [2.24, 2.45) is 0 Å². The molecule has 0 spiro atoms. The standard InChI is InChI=1S/C19H22N2O3/c1-23-17-9-7-16(8-10-17)20-19(22)18(15-5-3-2-4-6-15)21-11-13-24-14-12-21/h2-10,18H,11-14H2,1H3,(H,20,22)/p+1/t18-/m0/s1. The van der Waals surface area contributed by atoms with Crippen LogP contribution in [0.25, 0.3) is 0 Å². The van der Waals surface area contributed by atoms with Crippen LogP contribution in [0.5, 0.6) is 5.75 Å². The van der Waals surface area contributed by atoms with Gasteiger partial charge in [0.1, 0.15) is 18.8 Å². The molecule has 1 heterocycles. The predicted molar refractivity (Wildman–Crippen MR) is 92.3 cm³/mol. The van der Waals surface area contributed by atoms with Crippen LogP contribution in [0, 0.1) is 0 Å². The third-order valence-corrected chi connectivity index (χ3v) is 4.30. The SMILES string of the molecule is COc1ccc(NC(=O)[C@H](c2ccccc2)[NH+]2CCOCC2)cc1. The van der Waals surface area contributed by atoms with Crippen molar-refractivity contribution in [2.75, 3.05) is 38.7 Å². The fourth-order valence-corrected chi connectivity index (χ4v) is 3.03. The summed E-state index contributed by atoms with van der Waals surface area (Å²) in [6.07, 6.45) is 0. The maximum atomic E-state index is 13.0. The number of carbonyl (C=O) groups is 1. The van der Waals surface area contributed by atoms with E-state index in [1.54, 1.807) is 7.11 Å². The second kappa shape index (κ2) is 7.95. The lowest BCUT2D eigenvalue weighted by atomic mass is 10.0. The number of anilines is 1. The van der Waals surface area contributed by atoms with Gasteiger partial charge in [0.25, 0.3) is 5.91 Å². The van der Waals surface area contributed by atoms with Gasteiger partial charge in [-0.1, -0.05) is 30.3 Å². The number of hydrogen-bond acceptors (Lipinski definition) is 3. The minimum Gasteiger partial charge on any atom is -0.497 e. The van der Waals surface area contributed by atoms with E-state index < -0.39 is 0 Å². The zero-order chi connectivity index (χ0) is 16.8. The van der Waals surface area contributed by atoms with E-state index in [1.165, 1.54) is 4.90 Å². The Morgan fingerprint density at radius 2 is 1.75 bits per heavy atom. The molecular weight excluding hydrogens is 304 g/mol. The molecule has 0 saturated carbocycles. The molecule has 0 aromatic heterocycles. The number of ether oxygens (including phenoxy) is 2. The summed E-state index contributed by atoms with van der Waals surface area (Å²) in [6.45, 7) is 3.04. The molecule has 1 aliphatic heterocycles. The van der Waals surface area contributed by atoms with Gasteiger partial charge in [-0.3, -0.25) is 4.79 Å². The van der Waals surface area contributed by atoms with Crippen molar-refractivity contribution in [3.05, 3.63) is 60.2 Å². The Balaban J connectivity index is 1.79. The van der Waals surface area contributed by atoms with Gasteiger partial charge in [-0.2, -0.15) is 0 Å². The highest BCUT2D eigenvalue weighted by Gasteiger charge is 2.32. The molecule has 24 heavy (non-hydrogen) atoms. The molecule has 5 heteroatoms. The van der Waals surface area contributed by atoms with Crippen molar-refractivity contribution < 1.29 is 19.2 Å². The lowest BCUT2D eigenvalue weighted by Gasteiger charge is -2.30. The molecule has 126 valence electrons. The van der Waals surface area contributed by atoms with Crippen LogP contribution in [0.3, 0.4) is 0 Å². The number of carbonyl (C=O) groups excluding carboxylic acids is 1. The van der Waals surface area contributed by atoms with Gasteiger partial charge in [0.2, 0.25) is 0 Å². The van der Waals surface area contributed by atoms with E-state index in [9.17, 15) is 4.79 Å². The van der Waals surface area contributed by atoms with E-state index in [4.69, 9.17) is 9.47 Å². The number of quaternary nitrogens is 1. The first-order valence-electron chi connectivity index (χ1n) is 8.20. The number of methoxy groups -OCH3 is 1. The molecule has 2 aromatic carbocycles. The maximum absolute atomic E-state index is 13.0. The van der Waals surface area contributed by atoms with Crippen LogP contribution >= 0.6 is 0 Å². The first kappa shape index (κ1) is 16.5. The monoisotopic (exact) mass is 327 g/mol. The smallest absolute Gasteiger partial charge is 0.287 e. The maximum Gasteiger partial charge on any atom is 0.287 e. The van der Waals surface area contributed by atoms with Crippen molar-refractivity contribution >= 4 is 11.6 Å². The van der Waals surface area contributed by atoms with Crippen molar-refractivity contribution in [1.82, 2.24) is 0 Å². The molecule has 0 bridgehead atoms. The summed E-state index contributed by atoms with van der Waals surface area (Å²) in [5, 5.41) is 3.03. The summed E-state index contributed by atoms with van der Waals surface area (Å²) in [5.74, 6) is 0.773. The highest BCUT2D eigenvalue weighted by molar-refractivity contribution is 5.94. The molecule has 1 amide bonds. The summed E-state index contributed by atoms with van der Waals surface area (Å²) in [4.78, 5) is 14.2. The van der Waals surface area contributed by atoms with Crippen molar-refractivity contribution in [3.63, 3.8) is 0 Å². The average molecular weight is 327 g/mol. The Morgan fingerprint density at radius 1 is 1.08 bits per heavy atom. The minimum atomic E-state index is -0.239. The van der Waals surface area contributed by atoms with Crippen LogP contribution < -0.4 is 15.0 Å². The quantitative estimate of drug-likeness (QED) is 0.870. The number of rotatable bonds is 5. The van der Waals surface area contributed by atoms with Gasteiger partial charge in [0.05, 0.1) is 20.3 Å². The fraction of sp³-hybridized carbons (Fsp3) is 0.316. The highest BCUT2D eigenvalue weighted by Crippen LogP contribution is 2.17. The average Bonchev–Trinajstić information content (AvgIpc) is 2.64.